The lowest BCUT2D eigenvalue weighted by molar-refractivity contribution is -0.116. The van der Waals surface area contributed by atoms with Crippen molar-refractivity contribution in [3.63, 3.8) is 0 Å². The van der Waals surface area contributed by atoms with Crippen LogP contribution in [-0.4, -0.2) is 25.5 Å². The molecular formula is C11H16ClIN4O2. The first-order valence-electron chi connectivity index (χ1n) is 5.21. The van der Waals surface area contributed by atoms with Gasteiger partial charge < -0.3 is 21.5 Å². The van der Waals surface area contributed by atoms with Crippen molar-refractivity contribution in [2.24, 2.45) is 16.5 Å². The maximum atomic E-state index is 11.6. The highest BCUT2D eigenvalue weighted by atomic mass is 127. The molecule has 19 heavy (non-hydrogen) atoms. The predicted molar refractivity (Wildman–Crippen MR) is 87.3 cm³/mol. The molecule has 1 aromatic rings. The van der Waals surface area contributed by atoms with E-state index >= 15 is 0 Å². The molecule has 0 saturated heterocycles. The molecule has 0 heterocycles. The smallest absolute Gasteiger partial charge is 0.226 e. The largest absolute Gasteiger partial charge is 0.495 e. The molecule has 5 N–H and O–H groups in total. The lowest BCUT2D eigenvalue weighted by atomic mass is 10.2. The van der Waals surface area contributed by atoms with Gasteiger partial charge in [0.2, 0.25) is 5.91 Å². The van der Waals surface area contributed by atoms with Crippen LogP contribution in [-0.2, 0) is 4.79 Å². The van der Waals surface area contributed by atoms with Gasteiger partial charge in [0, 0.05) is 11.4 Å². The van der Waals surface area contributed by atoms with Crippen LogP contribution in [0.5, 0.6) is 5.75 Å². The van der Waals surface area contributed by atoms with Crippen LogP contribution < -0.4 is 21.5 Å². The third-order valence-corrected chi connectivity index (χ3v) is 2.30. The van der Waals surface area contributed by atoms with Crippen LogP contribution in [0.15, 0.2) is 23.2 Å². The van der Waals surface area contributed by atoms with Crippen LogP contribution in [0.25, 0.3) is 0 Å². The number of halogens is 2. The maximum absolute atomic E-state index is 11.6. The van der Waals surface area contributed by atoms with Crippen LogP contribution in [0, 0.1) is 0 Å². The fraction of sp³-hybridized carbons (Fsp3) is 0.273. The average Bonchev–Trinajstić information content (AvgIpc) is 2.28. The van der Waals surface area contributed by atoms with Crippen molar-refractivity contribution in [1.29, 1.82) is 0 Å². The highest BCUT2D eigenvalue weighted by Crippen LogP contribution is 2.27. The maximum Gasteiger partial charge on any atom is 0.226 e. The van der Waals surface area contributed by atoms with E-state index in [1.165, 1.54) is 7.11 Å². The van der Waals surface area contributed by atoms with Gasteiger partial charge in [0.05, 0.1) is 19.3 Å². The normalized spacial score (nSPS) is 9.16. The minimum atomic E-state index is -0.222. The van der Waals surface area contributed by atoms with E-state index < -0.39 is 0 Å². The molecule has 0 aliphatic heterocycles. The molecule has 0 saturated carbocycles. The third kappa shape index (κ3) is 6.48. The molecule has 8 heteroatoms. The van der Waals surface area contributed by atoms with Crippen LogP contribution >= 0.6 is 35.6 Å². The molecule has 1 rings (SSSR count). The standard InChI is InChI=1S/C11H15ClN4O2.HI/c1-18-9-3-2-7(12)6-8(9)16-10(17)4-5-15-11(13)14;/h2-3,6H,4-5H2,1H3,(H,16,17)(H4,13,14,15);1H. The number of rotatable bonds is 5. The molecule has 0 fully saturated rings. The number of carbonyl (C=O) groups is 1. The molecular weight excluding hydrogens is 383 g/mol. The van der Waals surface area contributed by atoms with Gasteiger partial charge in [0.1, 0.15) is 5.75 Å². The summed E-state index contributed by atoms with van der Waals surface area (Å²) >= 11 is 5.84. The fourth-order valence-electron chi connectivity index (χ4n) is 1.28. The van der Waals surface area contributed by atoms with Crippen molar-refractivity contribution in [3.05, 3.63) is 23.2 Å². The Labute approximate surface area is 133 Å². The molecule has 0 spiro atoms. The third-order valence-electron chi connectivity index (χ3n) is 2.07. The summed E-state index contributed by atoms with van der Waals surface area (Å²) < 4.78 is 5.10. The summed E-state index contributed by atoms with van der Waals surface area (Å²) in [6, 6.07) is 4.96. The van der Waals surface area contributed by atoms with E-state index in [2.05, 4.69) is 10.3 Å². The van der Waals surface area contributed by atoms with E-state index in [1.54, 1.807) is 18.2 Å². The monoisotopic (exact) mass is 398 g/mol. The lowest BCUT2D eigenvalue weighted by Gasteiger charge is -2.10. The highest BCUT2D eigenvalue weighted by Gasteiger charge is 2.07. The van der Waals surface area contributed by atoms with Crippen LogP contribution in [0.2, 0.25) is 5.02 Å². The number of aliphatic imine (C=N–C) groups is 1. The van der Waals surface area contributed by atoms with Crippen LogP contribution in [0.4, 0.5) is 5.69 Å². The van der Waals surface area contributed by atoms with Gasteiger partial charge in [-0.1, -0.05) is 11.6 Å². The van der Waals surface area contributed by atoms with Gasteiger partial charge in [-0.25, -0.2) is 0 Å². The van der Waals surface area contributed by atoms with Gasteiger partial charge in [-0.15, -0.1) is 24.0 Å². The number of ether oxygens (including phenoxy) is 1. The Kier molecular flexibility index (Phi) is 8.24. The van der Waals surface area contributed by atoms with Crippen molar-refractivity contribution in [3.8, 4) is 5.75 Å². The van der Waals surface area contributed by atoms with E-state index in [0.717, 1.165) is 0 Å². The molecule has 0 radical (unpaired) electrons. The molecule has 0 unspecified atom stereocenters. The van der Waals surface area contributed by atoms with Gasteiger partial charge >= 0.3 is 0 Å². The van der Waals surface area contributed by atoms with E-state index in [1.807, 2.05) is 0 Å². The minimum absolute atomic E-state index is 0. The van der Waals surface area contributed by atoms with Crippen molar-refractivity contribution < 1.29 is 9.53 Å². The van der Waals surface area contributed by atoms with E-state index in [4.69, 9.17) is 27.8 Å². The molecule has 6 nitrogen and oxygen atoms in total. The molecule has 0 aliphatic carbocycles. The number of hydrogen-bond acceptors (Lipinski definition) is 3. The predicted octanol–water partition coefficient (Wildman–Crippen LogP) is 1.57. The van der Waals surface area contributed by atoms with E-state index in [0.29, 0.717) is 16.5 Å². The number of anilines is 1. The molecule has 0 aromatic heterocycles. The summed E-state index contributed by atoms with van der Waals surface area (Å²) in [5, 5.41) is 3.19. The quantitative estimate of drug-likeness (QED) is 0.398. The number of nitrogens with one attached hydrogen (secondary N) is 1. The summed E-state index contributed by atoms with van der Waals surface area (Å²) in [6.45, 7) is 0.233. The first-order chi connectivity index (χ1) is 8.52. The summed E-state index contributed by atoms with van der Waals surface area (Å²) in [7, 11) is 1.51. The first kappa shape index (κ1) is 17.8. The second-order valence-electron chi connectivity index (χ2n) is 3.45. The number of carbonyl (C=O) groups excluding carboxylic acids is 1. The van der Waals surface area contributed by atoms with Crippen molar-refractivity contribution in [2.45, 2.75) is 6.42 Å². The molecule has 1 amide bonds. The number of nitrogens with zero attached hydrogens (tertiary/aromatic N) is 1. The summed E-state index contributed by atoms with van der Waals surface area (Å²) in [5.74, 6) is 0.276. The van der Waals surface area contributed by atoms with Crippen molar-refractivity contribution in [2.75, 3.05) is 19.0 Å². The van der Waals surface area contributed by atoms with Gasteiger partial charge in [-0.2, -0.15) is 0 Å². The topological polar surface area (TPSA) is 103 Å². The Morgan fingerprint density at radius 2 is 2.16 bits per heavy atom. The Morgan fingerprint density at radius 3 is 2.74 bits per heavy atom. The fourth-order valence-corrected chi connectivity index (χ4v) is 1.45. The Bertz CT molecular complexity index is 464. The van der Waals surface area contributed by atoms with E-state index in [9.17, 15) is 4.79 Å². The second kappa shape index (κ2) is 8.81. The van der Waals surface area contributed by atoms with Crippen molar-refractivity contribution >= 4 is 53.1 Å². The zero-order valence-electron chi connectivity index (χ0n) is 10.4. The number of amides is 1. The van der Waals surface area contributed by atoms with Gasteiger partial charge in [0.15, 0.2) is 5.96 Å². The summed E-state index contributed by atoms with van der Waals surface area (Å²) in [4.78, 5) is 15.3. The first-order valence-corrected chi connectivity index (χ1v) is 5.59. The SMILES string of the molecule is COc1ccc(Cl)cc1NC(=O)CCN=C(N)N.I. The zero-order chi connectivity index (χ0) is 13.5. The molecule has 106 valence electrons. The Balaban J connectivity index is 0.00000324. The number of hydrogen-bond donors (Lipinski definition) is 3. The summed E-state index contributed by atoms with van der Waals surface area (Å²) in [5.41, 5.74) is 10.8. The number of benzene rings is 1. The number of methoxy groups -OCH3 is 1. The average molecular weight is 399 g/mol. The molecule has 0 atom stereocenters. The minimum Gasteiger partial charge on any atom is -0.495 e. The lowest BCUT2D eigenvalue weighted by Crippen LogP contribution is -2.23. The van der Waals surface area contributed by atoms with Gasteiger partial charge in [-0.05, 0) is 18.2 Å². The number of guanidine groups is 1. The molecule has 0 bridgehead atoms. The van der Waals surface area contributed by atoms with Crippen LogP contribution in [0.1, 0.15) is 6.42 Å². The van der Waals surface area contributed by atoms with Gasteiger partial charge in [0.25, 0.3) is 0 Å². The Hall–Kier alpha value is -1.22. The Morgan fingerprint density at radius 1 is 1.47 bits per heavy atom. The number of nitrogens with two attached hydrogens (primary N) is 2. The molecule has 1 aromatic carbocycles. The van der Waals surface area contributed by atoms with Crippen LogP contribution in [0.3, 0.4) is 0 Å². The van der Waals surface area contributed by atoms with Crippen molar-refractivity contribution in [1.82, 2.24) is 0 Å². The zero-order valence-corrected chi connectivity index (χ0v) is 13.4. The van der Waals surface area contributed by atoms with E-state index in [-0.39, 0.29) is 48.8 Å². The highest BCUT2D eigenvalue weighted by molar-refractivity contribution is 14.0. The summed E-state index contributed by atoms with van der Waals surface area (Å²) in [6.07, 6.45) is 0.174. The molecule has 0 aliphatic rings. The second-order valence-corrected chi connectivity index (χ2v) is 3.89. The van der Waals surface area contributed by atoms with Gasteiger partial charge in [-0.3, -0.25) is 9.79 Å².